The molecule has 16 heteroatoms. The molecule has 7 heterocycles. The van der Waals surface area contributed by atoms with Gasteiger partial charge in [-0.05, 0) is 87.1 Å². The van der Waals surface area contributed by atoms with Crippen LogP contribution in [0.1, 0.15) is 90.7 Å². The number of allylic oxidation sites excluding steroid dienone is 1. The molecule has 1 aromatic carbocycles. The molecular weight excluding hydrogens is 773 g/mol. The number of rotatable bonds is 8. The van der Waals surface area contributed by atoms with Gasteiger partial charge in [0.05, 0.1) is 11.9 Å². The summed E-state index contributed by atoms with van der Waals surface area (Å²) in [5.74, 6) is 0.821. The van der Waals surface area contributed by atoms with Crippen molar-refractivity contribution in [1.82, 2.24) is 39.5 Å². The number of fused-ring (bicyclic) bond motifs is 2. The molecule has 1 atom stereocenters. The molecule has 1 spiro atoms. The maximum absolute atomic E-state index is 13.1. The minimum Gasteiger partial charge on any atom is -0.370 e. The second kappa shape index (κ2) is 17.0. The maximum Gasteiger partial charge on any atom is 0.270 e. The number of nitrogens with one attached hydrogen (secondary N) is 3. The second-order valence-corrected chi connectivity index (χ2v) is 17.4. The van der Waals surface area contributed by atoms with E-state index in [1.54, 1.807) is 41.1 Å². The number of nitrogens with zero attached hydrogens (tertiary/aromatic N) is 9. The number of hydrogen-bond donors (Lipinski definition) is 3. The van der Waals surface area contributed by atoms with Crippen LogP contribution in [0.2, 0.25) is 0 Å². The third-order valence-electron chi connectivity index (χ3n) is 12.8. The fourth-order valence-electron chi connectivity index (χ4n) is 9.32. The summed E-state index contributed by atoms with van der Waals surface area (Å²) < 4.78 is 2.12. The van der Waals surface area contributed by atoms with Crippen LogP contribution in [0.15, 0.2) is 60.9 Å². The Balaban J connectivity index is 0.000000586. The first-order chi connectivity index (χ1) is 29.3. The SMILES string of the molecule is C/C=C/C(=N)N(C)C.CN(C)C(=O)c1cc2cnc(Nc3ccc(N4CCC5(CC4)CN(c4ccc6c(c4)CN(C4CCC(=O)NC4=O)C6=O)C5)cn3)nc2n1C1CCCC1. The Labute approximate surface area is 356 Å². The van der Waals surface area contributed by atoms with Gasteiger partial charge in [-0.3, -0.25) is 29.9 Å². The molecular formula is C45H56N12O4. The van der Waals surface area contributed by atoms with E-state index < -0.39 is 6.04 Å². The molecule has 1 aliphatic carbocycles. The van der Waals surface area contributed by atoms with Crippen molar-refractivity contribution in [2.24, 2.45) is 5.41 Å². The summed E-state index contributed by atoms with van der Waals surface area (Å²) in [6.07, 6.45) is 14.5. The number of anilines is 4. The van der Waals surface area contributed by atoms with Crippen LogP contribution in [0.4, 0.5) is 23.1 Å². The van der Waals surface area contributed by atoms with E-state index in [2.05, 4.69) is 42.1 Å². The third kappa shape index (κ3) is 8.40. The number of piperidine rings is 2. The Bertz CT molecular complexity index is 2370. The smallest absolute Gasteiger partial charge is 0.270 e. The number of amides is 4. The van der Waals surface area contributed by atoms with E-state index in [1.807, 2.05) is 57.6 Å². The van der Waals surface area contributed by atoms with Crippen molar-refractivity contribution in [1.29, 1.82) is 5.41 Å². The van der Waals surface area contributed by atoms with Gasteiger partial charge in [0.1, 0.15) is 29.0 Å². The number of carbonyl (C=O) groups excluding carboxylic acids is 4. The number of carbonyl (C=O) groups is 4. The highest BCUT2D eigenvalue weighted by atomic mass is 16.2. The van der Waals surface area contributed by atoms with Crippen LogP contribution in [-0.4, -0.2) is 124 Å². The highest BCUT2D eigenvalue weighted by molar-refractivity contribution is 6.05. The molecule has 4 aromatic rings. The van der Waals surface area contributed by atoms with Crippen LogP contribution in [0.5, 0.6) is 0 Å². The largest absolute Gasteiger partial charge is 0.370 e. The van der Waals surface area contributed by atoms with E-state index in [9.17, 15) is 19.2 Å². The summed E-state index contributed by atoms with van der Waals surface area (Å²) in [4.78, 5) is 74.1. The number of hydrogen-bond acceptors (Lipinski definition) is 11. The van der Waals surface area contributed by atoms with E-state index in [0.717, 1.165) is 92.7 Å². The average Bonchev–Trinajstić information content (AvgIpc) is 3.98. The third-order valence-corrected chi connectivity index (χ3v) is 12.8. The minimum absolute atomic E-state index is 0.0284. The van der Waals surface area contributed by atoms with Crippen LogP contribution < -0.4 is 20.4 Å². The highest BCUT2D eigenvalue weighted by Crippen LogP contribution is 2.44. The van der Waals surface area contributed by atoms with Gasteiger partial charge in [-0.1, -0.05) is 18.9 Å². The van der Waals surface area contributed by atoms with E-state index in [-0.39, 0.29) is 41.5 Å². The lowest BCUT2D eigenvalue weighted by atomic mass is 9.71. The molecule has 320 valence electrons. The zero-order valence-electron chi connectivity index (χ0n) is 35.8. The van der Waals surface area contributed by atoms with Gasteiger partial charge in [0.25, 0.3) is 11.8 Å². The summed E-state index contributed by atoms with van der Waals surface area (Å²) in [6, 6.07) is 11.6. The van der Waals surface area contributed by atoms with E-state index in [0.29, 0.717) is 41.8 Å². The van der Waals surface area contributed by atoms with Gasteiger partial charge in [0.15, 0.2) is 0 Å². The lowest BCUT2D eigenvalue weighted by Crippen LogP contribution is -2.60. The number of benzene rings is 1. The molecule has 1 unspecified atom stereocenters. The quantitative estimate of drug-likeness (QED) is 0.119. The van der Waals surface area contributed by atoms with Crippen molar-refractivity contribution in [3.8, 4) is 0 Å². The molecule has 4 amide bonds. The first-order valence-corrected chi connectivity index (χ1v) is 21.3. The Morgan fingerprint density at radius 2 is 1.66 bits per heavy atom. The molecule has 4 fully saturated rings. The molecule has 0 radical (unpaired) electrons. The highest BCUT2D eigenvalue weighted by Gasteiger charge is 2.46. The predicted molar refractivity (Wildman–Crippen MR) is 235 cm³/mol. The predicted octanol–water partition coefficient (Wildman–Crippen LogP) is 5.36. The number of pyridine rings is 1. The summed E-state index contributed by atoms with van der Waals surface area (Å²) in [7, 11) is 7.26. The van der Waals surface area contributed by atoms with Gasteiger partial charge in [-0.15, -0.1) is 0 Å². The van der Waals surface area contributed by atoms with Crippen molar-refractivity contribution in [3.05, 3.63) is 77.8 Å². The first-order valence-electron chi connectivity index (χ1n) is 21.3. The standard InChI is InChI=1S/C39H44N10O4.C6H12N2/c1-45(2)37(53)31-18-24-19-41-38(44-34(24)49(31)26-5-3-4-6-26)42-32-11-8-28(20-40-32)46-15-13-39(14-16-46)22-47(23-39)27-7-9-29-25(17-27)21-48(36(29)52)30-10-12-33(50)43-35(30)51;1-4-5-6(7)8(2)3/h7-9,11,17-20,26,30H,3-6,10,12-16,21-23H2,1-2H3,(H,43,50,51)(H,40,41,42,44);4-5,7H,1-3H3/b;5-4+,7-6?. The molecule has 3 N–H and O–H groups in total. The van der Waals surface area contributed by atoms with Crippen molar-refractivity contribution >= 4 is 63.6 Å². The van der Waals surface area contributed by atoms with Crippen LogP contribution in [-0.2, 0) is 16.1 Å². The minimum atomic E-state index is -0.601. The normalized spacial score (nSPS) is 19.8. The van der Waals surface area contributed by atoms with Gasteiger partial charge in [0, 0.05) is 102 Å². The van der Waals surface area contributed by atoms with Crippen LogP contribution in [0.3, 0.4) is 0 Å². The lowest BCUT2D eigenvalue weighted by molar-refractivity contribution is -0.136. The molecule has 4 aliphatic heterocycles. The Hall–Kier alpha value is -6.32. The lowest BCUT2D eigenvalue weighted by Gasteiger charge is -2.55. The number of aromatic nitrogens is 4. The zero-order chi connectivity index (χ0) is 43.0. The van der Waals surface area contributed by atoms with Gasteiger partial charge in [-0.2, -0.15) is 4.98 Å². The molecule has 3 saturated heterocycles. The Morgan fingerprint density at radius 3 is 2.30 bits per heavy atom. The molecule has 9 rings (SSSR count). The topological polar surface area (TPSA) is 176 Å². The zero-order valence-corrected chi connectivity index (χ0v) is 35.8. The molecule has 16 nitrogen and oxygen atoms in total. The molecule has 61 heavy (non-hydrogen) atoms. The first kappa shape index (κ1) is 41.4. The van der Waals surface area contributed by atoms with Gasteiger partial charge in [0.2, 0.25) is 17.8 Å². The number of imide groups is 1. The number of likely N-dealkylation sites (N-methyl/N-ethyl adjacent to an activating group) is 1. The van der Waals surface area contributed by atoms with Crippen molar-refractivity contribution < 1.29 is 19.2 Å². The fourth-order valence-corrected chi connectivity index (χ4v) is 9.32. The monoisotopic (exact) mass is 828 g/mol. The summed E-state index contributed by atoms with van der Waals surface area (Å²) in [5.41, 5.74) is 5.48. The molecule has 0 bridgehead atoms. The summed E-state index contributed by atoms with van der Waals surface area (Å²) in [5, 5.41) is 13.7. The van der Waals surface area contributed by atoms with Crippen LogP contribution >= 0.6 is 0 Å². The van der Waals surface area contributed by atoms with E-state index in [1.165, 1.54) is 0 Å². The molecule has 1 saturated carbocycles. The van der Waals surface area contributed by atoms with Crippen LogP contribution in [0.25, 0.3) is 11.0 Å². The van der Waals surface area contributed by atoms with Crippen LogP contribution in [0, 0.1) is 10.8 Å². The van der Waals surface area contributed by atoms with Crippen molar-refractivity contribution in [2.45, 2.75) is 76.9 Å². The fraction of sp³-hybridized carbons (Fsp3) is 0.467. The molecule has 5 aliphatic rings. The number of amidine groups is 1. The molecule has 3 aromatic heterocycles. The van der Waals surface area contributed by atoms with Crippen molar-refractivity contribution in [3.63, 3.8) is 0 Å². The maximum atomic E-state index is 13.1. The summed E-state index contributed by atoms with van der Waals surface area (Å²) >= 11 is 0. The Kier molecular flexibility index (Phi) is 11.5. The van der Waals surface area contributed by atoms with E-state index in [4.69, 9.17) is 15.4 Å². The van der Waals surface area contributed by atoms with Gasteiger partial charge in [-0.25, -0.2) is 9.97 Å². The van der Waals surface area contributed by atoms with Gasteiger partial charge >= 0.3 is 0 Å². The Morgan fingerprint density at radius 1 is 0.918 bits per heavy atom. The van der Waals surface area contributed by atoms with Gasteiger partial charge < -0.3 is 34.4 Å². The summed E-state index contributed by atoms with van der Waals surface area (Å²) in [6.45, 7) is 6.15. The second-order valence-electron chi connectivity index (χ2n) is 17.4. The van der Waals surface area contributed by atoms with Crippen molar-refractivity contribution in [2.75, 3.05) is 69.5 Å². The van der Waals surface area contributed by atoms with E-state index >= 15 is 0 Å². The average molecular weight is 829 g/mol.